The fourth-order valence-electron chi connectivity index (χ4n) is 3.56. The molecule has 1 aromatic rings. The van der Waals surface area contributed by atoms with E-state index in [1.54, 1.807) is 12.1 Å². The maximum absolute atomic E-state index is 13.8. The normalized spacial score (nSPS) is 23.7. The first-order valence-corrected chi connectivity index (χ1v) is 7.69. The zero-order valence-electron chi connectivity index (χ0n) is 12.2. The molecule has 3 nitrogen and oxygen atoms in total. The van der Waals surface area contributed by atoms with Crippen molar-refractivity contribution in [2.45, 2.75) is 31.8 Å². The highest BCUT2D eigenvalue weighted by Crippen LogP contribution is 2.26. The maximum Gasteiger partial charge on any atom is 0.125 e. The van der Waals surface area contributed by atoms with Crippen molar-refractivity contribution in [3.05, 3.63) is 29.6 Å². The van der Waals surface area contributed by atoms with E-state index in [1.807, 2.05) is 7.05 Å². The minimum absolute atomic E-state index is 0.125. The molecule has 3 rings (SSSR count). The molecule has 0 radical (unpaired) electrons. The van der Waals surface area contributed by atoms with Crippen LogP contribution in [0.2, 0.25) is 0 Å². The van der Waals surface area contributed by atoms with Gasteiger partial charge in [-0.15, -0.1) is 0 Å². The van der Waals surface area contributed by atoms with Gasteiger partial charge >= 0.3 is 0 Å². The van der Waals surface area contributed by atoms with Crippen LogP contribution in [0.5, 0.6) is 0 Å². The summed E-state index contributed by atoms with van der Waals surface area (Å²) in [5.41, 5.74) is 2.07. The van der Waals surface area contributed by atoms with Crippen LogP contribution in [-0.2, 0) is 6.54 Å². The third-order valence-electron chi connectivity index (χ3n) is 4.49. The Bertz CT molecular complexity index is 463. The quantitative estimate of drug-likeness (QED) is 0.914. The first-order chi connectivity index (χ1) is 9.76. The van der Waals surface area contributed by atoms with Crippen molar-refractivity contribution in [2.24, 2.45) is 0 Å². The molecular weight excluding hydrogens is 253 g/mol. The molecule has 110 valence electrons. The summed E-state index contributed by atoms with van der Waals surface area (Å²) in [5, 5.41) is 3.10. The predicted molar refractivity (Wildman–Crippen MR) is 80.6 cm³/mol. The van der Waals surface area contributed by atoms with E-state index in [4.69, 9.17) is 0 Å². The third-order valence-corrected chi connectivity index (χ3v) is 4.49. The van der Waals surface area contributed by atoms with Crippen molar-refractivity contribution in [2.75, 3.05) is 38.1 Å². The lowest BCUT2D eigenvalue weighted by molar-refractivity contribution is 0.273. The van der Waals surface area contributed by atoms with E-state index in [9.17, 15) is 4.39 Å². The van der Waals surface area contributed by atoms with Crippen LogP contribution >= 0.6 is 0 Å². The maximum atomic E-state index is 13.8. The topological polar surface area (TPSA) is 18.5 Å². The molecule has 0 aromatic heterocycles. The van der Waals surface area contributed by atoms with E-state index in [2.05, 4.69) is 21.2 Å². The first kappa shape index (κ1) is 13.8. The van der Waals surface area contributed by atoms with E-state index in [0.717, 1.165) is 24.3 Å². The van der Waals surface area contributed by atoms with Crippen molar-refractivity contribution in [1.29, 1.82) is 0 Å². The molecule has 0 saturated carbocycles. The Kier molecular flexibility index (Phi) is 4.22. The van der Waals surface area contributed by atoms with Crippen molar-refractivity contribution >= 4 is 5.69 Å². The van der Waals surface area contributed by atoms with Crippen LogP contribution in [0.3, 0.4) is 0 Å². The van der Waals surface area contributed by atoms with Crippen LogP contribution in [0.4, 0.5) is 10.1 Å². The fraction of sp³-hybridized carbons (Fsp3) is 0.625. The highest BCUT2D eigenvalue weighted by Gasteiger charge is 2.28. The molecule has 1 aromatic carbocycles. The number of hydrogen-bond acceptors (Lipinski definition) is 3. The number of halogens is 1. The Hall–Kier alpha value is -1.13. The molecule has 0 spiro atoms. The summed E-state index contributed by atoms with van der Waals surface area (Å²) >= 11 is 0. The van der Waals surface area contributed by atoms with Gasteiger partial charge in [0.2, 0.25) is 0 Å². The van der Waals surface area contributed by atoms with Crippen LogP contribution in [0.15, 0.2) is 18.2 Å². The van der Waals surface area contributed by atoms with Gasteiger partial charge in [-0.25, -0.2) is 4.39 Å². The lowest BCUT2D eigenvalue weighted by Crippen LogP contribution is -2.36. The van der Waals surface area contributed by atoms with Gasteiger partial charge < -0.3 is 10.2 Å². The standard InChI is InChI=1S/C16H24FN3/c1-18-11-13-8-14(17)10-16(9-13)20-7-3-6-19-5-2-4-15(19)12-20/h8-10,15,18H,2-7,11-12H2,1H3. The van der Waals surface area contributed by atoms with E-state index in [1.165, 1.54) is 32.4 Å². The third kappa shape index (κ3) is 2.96. The van der Waals surface area contributed by atoms with Gasteiger partial charge in [0.15, 0.2) is 0 Å². The molecule has 0 bridgehead atoms. The number of nitrogens with zero attached hydrogens (tertiary/aromatic N) is 2. The van der Waals surface area contributed by atoms with Gasteiger partial charge in [0.05, 0.1) is 0 Å². The second-order valence-corrected chi connectivity index (χ2v) is 5.98. The average molecular weight is 277 g/mol. The second kappa shape index (κ2) is 6.10. The molecule has 20 heavy (non-hydrogen) atoms. The van der Waals surface area contributed by atoms with E-state index in [-0.39, 0.29) is 5.82 Å². The number of anilines is 1. The van der Waals surface area contributed by atoms with Crippen molar-refractivity contribution in [3.63, 3.8) is 0 Å². The summed E-state index contributed by atoms with van der Waals surface area (Å²) in [4.78, 5) is 4.98. The number of hydrogen-bond donors (Lipinski definition) is 1. The Morgan fingerprint density at radius 2 is 2.05 bits per heavy atom. The van der Waals surface area contributed by atoms with Crippen LogP contribution in [0, 0.1) is 5.82 Å². The minimum atomic E-state index is -0.125. The summed E-state index contributed by atoms with van der Waals surface area (Å²) in [5.74, 6) is -0.125. The molecule has 0 amide bonds. The zero-order valence-corrected chi connectivity index (χ0v) is 12.2. The zero-order chi connectivity index (χ0) is 13.9. The molecule has 2 saturated heterocycles. The van der Waals surface area contributed by atoms with Crippen LogP contribution in [0.1, 0.15) is 24.8 Å². The lowest BCUT2D eigenvalue weighted by Gasteiger charge is -2.27. The van der Waals surface area contributed by atoms with Crippen molar-refractivity contribution in [1.82, 2.24) is 10.2 Å². The van der Waals surface area contributed by atoms with Crippen molar-refractivity contribution < 1.29 is 4.39 Å². The van der Waals surface area contributed by atoms with Gasteiger partial charge in [-0.1, -0.05) is 0 Å². The molecular formula is C16H24FN3. The van der Waals surface area contributed by atoms with Crippen LogP contribution < -0.4 is 10.2 Å². The van der Waals surface area contributed by atoms with Crippen LogP contribution in [0.25, 0.3) is 0 Å². The highest BCUT2D eigenvalue weighted by molar-refractivity contribution is 5.49. The van der Waals surface area contributed by atoms with Gasteiger partial charge in [0, 0.05) is 37.9 Å². The van der Waals surface area contributed by atoms with Crippen molar-refractivity contribution in [3.8, 4) is 0 Å². The predicted octanol–water partition coefficient (Wildman–Crippen LogP) is 2.22. The minimum Gasteiger partial charge on any atom is -0.370 e. The summed E-state index contributed by atoms with van der Waals surface area (Å²) in [6.45, 7) is 5.23. The molecule has 2 heterocycles. The summed E-state index contributed by atoms with van der Waals surface area (Å²) in [7, 11) is 1.90. The summed E-state index contributed by atoms with van der Waals surface area (Å²) in [6, 6.07) is 6.10. The Morgan fingerprint density at radius 1 is 1.20 bits per heavy atom. The fourth-order valence-corrected chi connectivity index (χ4v) is 3.56. The SMILES string of the molecule is CNCc1cc(F)cc(N2CCCN3CCCC3C2)c1. The smallest absolute Gasteiger partial charge is 0.125 e. The molecule has 1 atom stereocenters. The largest absolute Gasteiger partial charge is 0.370 e. The number of fused-ring (bicyclic) bond motifs is 1. The molecule has 1 N–H and O–H groups in total. The van der Waals surface area contributed by atoms with Gasteiger partial charge in [-0.3, -0.25) is 4.90 Å². The molecule has 2 fully saturated rings. The molecule has 2 aliphatic rings. The van der Waals surface area contributed by atoms with Gasteiger partial charge in [-0.05, 0) is 56.6 Å². The number of rotatable bonds is 3. The van der Waals surface area contributed by atoms with E-state index >= 15 is 0 Å². The van der Waals surface area contributed by atoms with E-state index in [0.29, 0.717) is 12.6 Å². The van der Waals surface area contributed by atoms with E-state index < -0.39 is 0 Å². The average Bonchev–Trinajstić information content (AvgIpc) is 2.75. The number of benzene rings is 1. The number of nitrogens with one attached hydrogen (secondary N) is 1. The molecule has 1 unspecified atom stereocenters. The summed E-state index contributed by atoms with van der Waals surface area (Å²) in [6.07, 6.45) is 3.77. The van der Waals surface area contributed by atoms with Gasteiger partial charge in [-0.2, -0.15) is 0 Å². The Balaban J connectivity index is 1.80. The Labute approximate surface area is 120 Å². The molecule has 2 aliphatic heterocycles. The van der Waals surface area contributed by atoms with Gasteiger partial charge in [0.1, 0.15) is 5.82 Å². The van der Waals surface area contributed by atoms with Crippen LogP contribution in [-0.4, -0.2) is 44.2 Å². The van der Waals surface area contributed by atoms with Gasteiger partial charge in [0.25, 0.3) is 0 Å². The lowest BCUT2D eigenvalue weighted by atomic mass is 10.1. The first-order valence-electron chi connectivity index (χ1n) is 7.69. The summed E-state index contributed by atoms with van der Waals surface area (Å²) < 4.78 is 13.8. The molecule has 4 heteroatoms. The second-order valence-electron chi connectivity index (χ2n) is 5.98. The monoisotopic (exact) mass is 277 g/mol. The highest BCUT2D eigenvalue weighted by atomic mass is 19.1. The molecule has 0 aliphatic carbocycles. The Morgan fingerprint density at radius 3 is 2.90 bits per heavy atom.